The predicted octanol–water partition coefficient (Wildman–Crippen LogP) is 3.09. The van der Waals surface area contributed by atoms with Gasteiger partial charge in [-0.1, -0.05) is 12.1 Å². The average molecular weight is 211 g/mol. The molecule has 0 saturated carbocycles. The summed E-state index contributed by atoms with van der Waals surface area (Å²) in [6.45, 7) is 0. The van der Waals surface area contributed by atoms with E-state index in [1.807, 2.05) is 0 Å². The number of alkyl halides is 2. The van der Waals surface area contributed by atoms with Gasteiger partial charge in [-0.25, -0.2) is 8.78 Å². The van der Waals surface area contributed by atoms with Crippen LogP contribution in [0.25, 0.3) is 0 Å². The van der Waals surface area contributed by atoms with Crippen LogP contribution < -0.4 is 4.74 Å². The lowest BCUT2D eigenvalue weighted by Crippen LogP contribution is -2.14. The smallest absolute Gasteiger partial charge is 0.277 e. The Bertz CT molecular complexity index is 371. The lowest BCUT2D eigenvalue weighted by molar-refractivity contribution is -0.0140. The van der Waals surface area contributed by atoms with Gasteiger partial charge in [0.25, 0.3) is 5.92 Å². The molecule has 0 aliphatic heterocycles. The van der Waals surface area contributed by atoms with Crippen molar-refractivity contribution < 1.29 is 13.5 Å². The molecule has 4 heteroatoms. The standard InChI is InChI=1S/C11H11F2NO/c1-15-10-6-3-2-5-9(10)11(12,13)7-4-8-14/h2-3,5-6H,4,7H2,1H3. The third kappa shape index (κ3) is 2.66. The van der Waals surface area contributed by atoms with Crippen LogP contribution in [0.3, 0.4) is 0 Å². The van der Waals surface area contributed by atoms with Gasteiger partial charge in [0, 0.05) is 12.8 Å². The van der Waals surface area contributed by atoms with Crippen LogP contribution in [-0.4, -0.2) is 7.11 Å². The van der Waals surface area contributed by atoms with Gasteiger partial charge in [0.05, 0.1) is 18.7 Å². The van der Waals surface area contributed by atoms with Crippen LogP contribution in [0.15, 0.2) is 24.3 Å². The second kappa shape index (κ2) is 4.74. The predicted molar refractivity (Wildman–Crippen MR) is 51.7 cm³/mol. The minimum atomic E-state index is -3.01. The Morgan fingerprint density at radius 3 is 2.67 bits per heavy atom. The molecule has 1 rings (SSSR count). The van der Waals surface area contributed by atoms with E-state index in [0.717, 1.165) is 0 Å². The maximum atomic E-state index is 13.6. The molecule has 0 aliphatic rings. The van der Waals surface area contributed by atoms with Crippen LogP contribution in [0.2, 0.25) is 0 Å². The van der Waals surface area contributed by atoms with Crippen LogP contribution >= 0.6 is 0 Å². The zero-order chi connectivity index (χ0) is 11.3. The summed E-state index contributed by atoms with van der Waals surface area (Å²) >= 11 is 0. The van der Waals surface area contributed by atoms with Gasteiger partial charge in [0.2, 0.25) is 0 Å². The molecule has 0 spiro atoms. The Morgan fingerprint density at radius 1 is 1.40 bits per heavy atom. The molecule has 0 heterocycles. The number of para-hydroxylation sites is 1. The van der Waals surface area contributed by atoms with E-state index in [0.29, 0.717) is 0 Å². The minimum Gasteiger partial charge on any atom is -0.496 e. The zero-order valence-electron chi connectivity index (χ0n) is 8.34. The Morgan fingerprint density at radius 2 is 2.07 bits per heavy atom. The first-order valence-electron chi connectivity index (χ1n) is 4.50. The number of hydrogen-bond donors (Lipinski definition) is 0. The number of hydrogen-bond acceptors (Lipinski definition) is 2. The molecule has 1 aromatic carbocycles. The fraction of sp³-hybridized carbons (Fsp3) is 0.364. The molecule has 0 atom stereocenters. The van der Waals surface area contributed by atoms with Gasteiger partial charge < -0.3 is 4.74 Å². The molecule has 0 bridgehead atoms. The van der Waals surface area contributed by atoms with Crippen molar-refractivity contribution in [1.29, 1.82) is 5.26 Å². The van der Waals surface area contributed by atoms with Crippen molar-refractivity contribution in [1.82, 2.24) is 0 Å². The normalized spacial score (nSPS) is 10.8. The van der Waals surface area contributed by atoms with Crippen molar-refractivity contribution in [3.05, 3.63) is 29.8 Å². The maximum absolute atomic E-state index is 13.6. The molecule has 0 aromatic heterocycles. The molecule has 80 valence electrons. The average Bonchev–Trinajstić information content (AvgIpc) is 2.26. The summed E-state index contributed by atoms with van der Waals surface area (Å²) in [5.41, 5.74) is -0.164. The van der Waals surface area contributed by atoms with Crippen LogP contribution in [-0.2, 0) is 5.92 Å². The number of rotatable bonds is 4. The van der Waals surface area contributed by atoms with Gasteiger partial charge in [0.1, 0.15) is 5.75 Å². The van der Waals surface area contributed by atoms with Crippen molar-refractivity contribution in [2.24, 2.45) is 0 Å². The molecule has 15 heavy (non-hydrogen) atoms. The van der Waals surface area contributed by atoms with E-state index >= 15 is 0 Å². The van der Waals surface area contributed by atoms with Gasteiger partial charge in [-0.3, -0.25) is 0 Å². The van der Waals surface area contributed by atoms with Crippen LogP contribution in [0.5, 0.6) is 5.75 Å². The van der Waals surface area contributed by atoms with Gasteiger partial charge in [-0.2, -0.15) is 5.26 Å². The molecule has 1 aromatic rings. The Balaban J connectivity index is 2.98. The molecule has 2 nitrogen and oxygen atoms in total. The van der Waals surface area contributed by atoms with E-state index in [2.05, 4.69) is 0 Å². The highest BCUT2D eigenvalue weighted by atomic mass is 19.3. The highest BCUT2D eigenvalue weighted by Gasteiger charge is 2.33. The second-order valence-corrected chi connectivity index (χ2v) is 3.06. The molecule has 0 amide bonds. The first-order valence-corrected chi connectivity index (χ1v) is 4.50. The molecular formula is C11H11F2NO. The number of nitrogens with zero attached hydrogens (tertiary/aromatic N) is 1. The first-order chi connectivity index (χ1) is 7.11. The first kappa shape index (κ1) is 11.4. The molecular weight excluding hydrogens is 200 g/mol. The van der Waals surface area contributed by atoms with Crippen molar-refractivity contribution in [2.45, 2.75) is 18.8 Å². The van der Waals surface area contributed by atoms with Crippen LogP contribution in [0, 0.1) is 11.3 Å². The summed E-state index contributed by atoms with van der Waals surface area (Å²) in [4.78, 5) is 0. The van der Waals surface area contributed by atoms with E-state index in [4.69, 9.17) is 10.00 Å². The van der Waals surface area contributed by atoms with E-state index < -0.39 is 12.3 Å². The number of nitriles is 1. The fourth-order valence-electron chi connectivity index (χ4n) is 1.29. The van der Waals surface area contributed by atoms with E-state index in [1.165, 1.54) is 25.3 Å². The van der Waals surface area contributed by atoms with E-state index in [1.54, 1.807) is 12.1 Å². The summed E-state index contributed by atoms with van der Waals surface area (Å²) < 4.78 is 32.0. The molecule has 0 fully saturated rings. The second-order valence-electron chi connectivity index (χ2n) is 3.06. The Labute approximate surface area is 87.1 Å². The summed E-state index contributed by atoms with van der Waals surface area (Å²) in [7, 11) is 1.35. The largest absolute Gasteiger partial charge is 0.496 e. The van der Waals surface area contributed by atoms with Crippen molar-refractivity contribution in [3.8, 4) is 11.8 Å². The molecule has 0 N–H and O–H groups in total. The van der Waals surface area contributed by atoms with Gasteiger partial charge in [-0.15, -0.1) is 0 Å². The van der Waals surface area contributed by atoms with Gasteiger partial charge >= 0.3 is 0 Å². The third-order valence-corrected chi connectivity index (χ3v) is 2.05. The number of methoxy groups -OCH3 is 1. The van der Waals surface area contributed by atoms with Crippen LogP contribution in [0.1, 0.15) is 18.4 Å². The molecule has 0 saturated heterocycles. The lowest BCUT2D eigenvalue weighted by Gasteiger charge is -2.17. The zero-order valence-corrected chi connectivity index (χ0v) is 8.34. The van der Waals surface area contributed by atoms with Crippen molar-refractivity contribution in [3.63, 3.8) is 0 Å². The highest BCUT2D eigenvalue weighted by Crippen LogP contribution is 2.38. The van der Waals surface area contributed by atoms with E-state index in [-0.39, 0.29) is 17.7 Å². The van der Waals surface area contributed by atoms with E-state index in [9.17, 15) is 8.78 Å². The number of halogens is 2. The summed E-state index contributed by atoms with van der Waals surface area (Å²) in [6, 6.07) is 7.66. The molecule has 0 radical (unpaired) electrons. The fourth-order valence-corrected chi connectivity index (χ4v) is 1.29. The van der Waals surface area contributed by atoms with Gasteiger partial charge in [0.15, 0.2) is 0 Å². The van der Waals surface area contributed by atoms with Crippen LogP contribution in [0.4, 0.5) is 8.78 Å². The van der Waals surface area contributed by atoms with Crippen molar-refractivity contribution in [2.75, 3.05) is 7.11 Å². The number of benzene rings is 1. The summed E-state index contributed by atoms with van der Waals surface area (Å²) in [5.74, 6) is -2.86. The molecule has 0 unspecified atom stereocenters. The molecule has 0 aliphatic carbocycles. The number of ether oxygens (including phenoxy) is 1. The minimum absolute atomic E-state index is 0.153. The topological polar surface area (TPSA) is 33.0 Å². The summed E-state index contributed by atoms with van der Waals surface area (Å²) in [6.07, 6.45) is -0.658. The Kier molecular flexibility index (Phi) is 3.62. The highest BCUT2D eigenvalue weighted by molar-refractivity contribution is 5.36. The lowest BCUT2D eigenvalue weighted by atomic mass is 10.0. The summed E-state index contributed by atoms with van der Waals surface area (Å²) in [5, 5.41) is 8.29. The monoisotopic (exact) mass is 211 g/mol. The third-order valence-electron chi connectivity index (χ3n) is 2.05. The Hall–Kier alpha value is -1.63. The maximum Gasteiger partial charge on any atom is 0.277 e. The SMILES string of the molecule is COc1ccccc1C(F)(F)CCC#N. The quantitative estimate of drug-likeness (QED) is 0.766. The van der Waals surface area contributed by atoms with Gasteiger partial charge in [-0.05, 0) is 12.1 Å². The van der Waals surface area contributed by atoms with Crippen molar-refractivity contribution >= 4 is 0 Å².